The molecule has 1 rings (SSSR count). The third kappa shape index (κ3) is 6.07. The first kappa shape index (κ1) is 17.4. The third-order valence-electron chi connectivity index (χ3n) is 2.28. The minimum absolute atomic E-state index is 0.0762. The summed E-state index contributed by atoms with van der Waals surface area (Å²) in [7, 11) is 1.26. The number of benzene rings is 1. The fourth-order valence-corrected chi connectivity index (χ4v) is 1.72. The molecular formula is C13H12BrF3O4. The number of carbonyl (C=O) groups is 1. The van der Waals surface area contributed by atoms with Crippen LogP contribution in [0.5, 0.6) is 11.5 Å². The van der Waals surface area contributed by atoms with Crippen molar-refractivity contribution >= 4 is 21.9 Å². The van der Waals surface area contributed by atoms with Gasteiger partial charge in [-0.1, -0.05) is 0 Å². The third-order valence-corrected chi connectivity index (χ3v) is 2.90. The topological polar surface area (TPSA) is 44.8 Å². The van der Waals surface area contributed by atoms with Crippen molar-refractivity contribution in [3.63, 3.8) is 0 Å². The number of halogens is 4. The van der Waals surface area contributed by atoms with Crippen molar-refractivity contribution in [3.05, 3.63) is 34.3 Å². The number of hydrogen-bond acceptors (Lipinski definition) is 4. The zero-order valence-electron chi connectivity index (χ0n) is 11.2. The summed E-state index contributed by atoms with van der Waals surface area (Å²) in [6, 6.07) is 3.79. The predicted molar refractivity (Wildman–Crippen MR) is 72.1 cm³/mol. The van der Waals surface area contributed by atoms with Gasteiger partial charge in [-0.25, -0.2) is 4.79 Å². The van der Waals surface area contributed by atoms with Crippen LogP contribution in [0, 0.1) is 0 Å². The number of methoxy groups -OCH3 is 1. The van der Waals surface area contributed by atoms with Gasteiger partial charge in [-0.15, -0.1) is 13.2 Å². The summed E-state index contributed by atoms with van der Waals surface area (Å²) in [5.41, 5.74) is 0.369. The Kier molecular flexibility index (Phi) is 6.07. The van der Waals surface area contributed by atoms with Crippen molar-refractivity contribution < 1.29 is 32.2 Å². The summed E-state index contributed by atoms with van der Waals surface area (Å²) < 4.78 is 50.0. The summed E-state index contributed by atoms with van der Waals surface area (Å²) in [6.45, 7) is 1.64. The second-order valence-electron chi connectivity index (χ2n) is 3.83. The molecule has 0 saturated carbocycles. The molecule has 0 bridgehead atoms. The highest BCUT2D eigenvalue weighted by atomic mass is 79.9. The molecule has 0 heterocycles. The lowest BCUT2D eigenvalue weighted by Gasteiger charge is -2.11. The fourth-order valence-electron chi connectivity index (χ4n) is 1.29. The Morgan fingerprint density at radius 1 is 1.38 bits per heavy atom. The molecule has 0 aliphatic carbocycles. The van der Waals surface area contributed by atoms with Crippen LogP contribution in [0.25, 0.3) is 0 Å². The van der Waals surface area contributed by atoms with Crippen LogP contribution in [0.3, 0.4) is 0 Å². The van der Waals surface area contributed by atoms with Crippen LogP contribution in [0.15, 0.2) is 34.3 Å². The summed E-state index contributed by atoms with van der Waals surface area (Å²) in [4.78, 5) is 11.1. The molecule has 21 heavy (non-hydrogen) atoms. The van der Waals surface area contributed by atoms with Crippen LogP contribution in [0.4, 0.5) is 13.2 Å². The first-order valence-corrected chi connectivity index (χ1v) is 6.45. The van der Waals surface area contributed by atoms with Gasteiger partial charge in [0.15, 0.2) is 0 Å². The standard InChI is InChI=1S/C13H12BrF3O4/c1-8(12(18)19-2)5-6-20-9-3-4-11(10(14)7-9)21-13(15,16)17/h3-5,7H,6H2,1-2H3/b8-5+. The van der Waals surface area contributed by atoms with Crippen molar-refractivity contribution in [2.45, 2.75) is 13.3 Å². The van der Waals surface area contributed by atoms with Crippen molar-refractivity contribution in [1.82, 2.24) is 0 Å². The van der Waals surface area contributed by atoms with Crippen LogP contribution in [0.1, 0.15) is 6.92 Å². The van der Waals surface area contributed by atoms with Crippen LogP contribution >= 0.6 is 15.9 Å². The number of carbonyl (C=O) groups excluding carboxylic acids is 1. The average molecular weight is 369 g/mol. The molecular weight excluding hydrogens is 357 g/mol. The fraction of sp³-hybridized carbons (Fsp3) is 0.308. The molecule has 0 atom stereocenters. The van der Waals surface area contributed by atoms with E-state index in [0.29, 0.717) is 11.3 Å². The lowest BCUT2D eigenvalue weighted by Crippen LogP contribution is -2.17. The Morgan fingerprint density at radius 3 is 2.57 bits per heavy atom. The van der Waals surface area contributed by atoms with Gasteiger partial charge < -0.3 is 14.2 Å². The van der Waals surface area contributed by atoms with Crippen molar-refractivity contribution in [1.29, 1.82) is 0 Å². The van der Waals surface area contributed by atoms with Crippen molar-refractivity contribution in [2.75, 3.05) is 13.7 Å². The van der Waals surface area contributed by atoms with E-state index in [1.807, 2.05) is 0 Å². The van der Waals surface area contributed by atoms with E-state index in [4.69, 9.17) is 4.74 Å². The lowest BCUT2D eigenvalue weighted by molar-refractivity contribution is -0.274. The number of esters is 1. The largest absolute Gasteiger partial charge is 0.573 e. The second-order valence-corrected chi connectivity index (χ2v) is 4.68. The Labute approximate surface area is 127 Å². The number of ether oxygens (including phenoxy) is 3. The van der Waals surface area contributed by atoms with Crippen LogP contribution in [-0.4, -0.2) is 26.0 Å². The lowest BCUT2D eigenvalue weighted by atomic mass is 10.3. The Bertz CT molecular complexity index is 541. The molecule has 0 aliphatic rings. The van der Waals surface area contributed by atoms with Gasteiger partial charge in [0.25, 0.3) is 0 Å². The van der Waals surface area contributed by atoms with E-state index in [9.17, 15) is 18.0 Å². The van der Waals surface area contributed by atoms with E-state index in [1.54, 1.807) is 6.92 Å². The zero-order chi connectivity index (χ0) is 16.0. The van der Waals surface area contributed by atoms with Gasteiger partial charge >= 0.3 is 12.3 Å². The van der Waals surface area contributed by atoms with Gasteiger partial charge in [0, 0.05) is 5.57 Å². The molecule has 0 unspecified atom stereocenters. The molecule has 0 fully saturated rings. The van der Waals surface area contributed by atoms with E-state index in [1.165, 1.54) is 25.3 Å². The molecule has 4 nitrogen and oxygen atoms in total. The Balaban J connectivity index is 2.66. The minimum atomic E-state index is -4.76. The van der Waals surface area contributed by atoms with E-state index >= 15 is 0 Å². The first-order chi connectivity index (χ1) is 9.73. The van der Waals surface area contributed by atoms with Gasteiger partial charge in [-0.3, -0.25) is 0 Å². The average Bonchev–Trinajstić information content (AvgIpc) is 2.39. The molecule has 0 amide bonds. The molecule has 0 N–H and O–H groups in total. The summed E-state index contributed by atoms with van der Waals surface area (Å²) in [6.07, 6.45) is -3.26. The highest BCUT2D eigenvalue weighted by Crippen LogP contribution is 2.33. The second kappa shape index (κ2) is 7.35. The molecule has 116 valence electrons. The normalized spacial score (nSPS) is 12.0. The van der Waals surface area contributed by atoms with Crippen molar-refractivity contribution in [2.24, 2.45) is 0 Å². The molecule has 0 saturated heterocycles. The van der Waals surface area contributed by atoms with Gasteiger partial charge in [0.2, 0.25) is 0 Å². The molecule has 1 aromatic rings. The van der Waals surface area contributed by atoms with Crippen LogP contribution in [0.2, 0.25) is 0 Å². The van der Waals surface area contributed by atoms with E-state index in [2.05, 4.69) is 25.4 Å². The zero-order valence-corrected chi connectivity index (χ0v) is 12.7. The molecule has 1 aromatic carbocycles. The summed E-state index contributed by atoms with van der Waals surface area (Å²) >= 11 is 2.96. The van der Waals surface area contributed by atoms with E-state index in [-0.39, 0.29) is 16.8 Å². The van der Waals surface area contributed by atoms with Crippen LogP contribution in [-0.2, 0) is 9.53 Å². The van der Waals surface area contributed by atoms with Crippen LogP contribution < -0.4 is 9.47 Å². The molecule has 8 heteroatoms. The number of hydrogen-bond donors (Lipinski definition) is 0. The minimum Gasteiger partial charge on any atom is -0.489 e. The summed E-state index contributed by atoms with van der Waals surface area (Å²) in [5.74, 6) is -0.518. The SMILES string of the molecule is COC(=O)/C(C)=C/COc1ccc(OC(F)(F)F)c(Br)c1. The molecule has 0 spiro atoms. The first-order valence-electron chi connectivity index (χ1n) is 5.66. The van der Waals surface area contributed by atoms with Gasteiger partial charge in [-0.2, -0.15) is 0 Å². The van der Waals surface area contributed by atoms with E-state index in [0.717, 1.165) is 6.07 Å². The maximum Gasteiger partial charge on any atom is 0.573 e. The maximum atomic E-state index is 12.1. The number of rotatable bonds is 5. The van der Waals surface area contributed by atoms with Gasteiger partial charge in [0.05, 0.1) is 11.6 Å². The monoisotopic (exact) mass is 368 g/mol. The summed E-state index contributed by atoms with van der Waals surface area (Å²) in [5, 5.41) is 0. The Hall–Kier alpha value is -1.70. The quantitative estimate of drug-likeness (QED) is 0.584. The highest BCUT2D eigenvalue weighted by Gasteiger charge is 2.31. The maximum absolute atomic E-state index is 12.1. The highest BCUT2D eigenvalue weighted by molar-refractivity contribution is 9.10. The van der Waals surface area contributed by atoms with Gasteiger partial charge in [0.1, 0.15) is 18.1 Å². The molecule has 0 aliphatic heterocycles. The van der Waals surface area contributed by atoms with Gasteiger partial charge in [-0.05, 0) is 47.1 Å². The number of alkyl halides is 3. The molecule has 0 aromatic heterocycles. The smallest absolute Gasteiger partial charge is 0.489 e. The van der Waals surface area contributed by atoms with Crippen molar-refractivity contribution in [3.8, 4) is 11.5 Å². The predicted octanol–water partition coefficient (Wildman–Crippen LogP) is 3.85. The Morgan fingerprint density at radius 2 is 2.05 bits per heavy atom. The molecule has 0 radical (unpaired) electrons. The van der Waals surface area contributed by atoms with E-state index < -0.39 is 12.3 Å².